The number of nitrogens with one attached hydrogen (secondary N) is 1. The molecule has 1 heterocycles. The van der Waals surface area contributed by atoms with Gasteiger partial charge in [0.15, 0.2) is 0 Å². The normalized spacial score (nSPS) is 15.2. The molecule has 1 aliphatic rings. The Bertz CT molecular complexity index is 1390. The number of anilines is 1. The van der Waals surface area contributed by atoms with E-state index in [0.717, 1.165) is 17.1 Å². The number of nitrogens with zero attached hydrogens (tertiary/aromatic N) is 1. The van der Waals surface area contributed by atoms with Gasteiger partial charge < -0.3 is 14.2 Å². The highest BCUT2D eigenvalue weighted by molar-refractivity contribution is 6.39. The number of ether oxygens (including phenoxy) is 3. The first-order valence-corrected chi connectivity index (χ1v) is 12.9. The zero-order chi connectivity index (χ0) is 27.9. The van der Waals surface area contributed by atoms with Gasteiger partial charge in [-0.15, -0.1) is 0 Å². The Labute approximate surface area is 232 Å². The van der Waals surface area contributed by atoms with Gasteiger partial charge in [0.2, 0.25) is 0 Å². The van der Waals surface area contributed by atoms with E-state index in [1.165, 1.54) is 18.7 Å². The highest BCUT2D eigenvalue weighted by atomic mass is 35.5. The quantitative estimate of drug-likeness (QED) is 0.190. The van der Waals surface area contributed by atoms with E-state index < -0.39 is 17.8 Å². The van der Waals surface area contributed by atoms with Gasteiger partial charge in [-0.2, -0.15) is 0 Å². The van der Waals surface area contributed by atoms with Crippen LogP contribution >= 0.6 is 11.6 Å². The van der Waals surface area contributed by atoms with Crippen LogP contribution in [0.25, 0.3) is 6.08 Å². The summed E-state index contributed by atoms with van der Waals surface area (Å²) in [6.45, 7) is 4.82. The molecule has 3 aromatic carbocycles. The third kappa shape index (κ3) is 6.59. The van der Waals surface area contributed by atoms with Crippen molar-refractivity contribution in [3.8, 4) is 17.2 Å². The summed E-state index contributed by atoms with van der Waals surface area (Å²) in [5.74, 6) is 0.587. The fraction of sp³-hybridized carbons (Fsp3) is 0.233. The molecule has 1 saturated heterocycles. The Kier molecular flexibility index (Phi) is 8.88. The highest BCUT2D eigenvalue weighted by Crippen LogP contribution is 2.29. The molecule has 9 heteroatoms. The van der Waals surface area contributed by atoms with Gasteiger partial charge in [-0.3, -0.25) is 14.9 Å². The number of halogens is 1. The molecular formula is C30H29ClN2O6. The molecule has 0 aromatic heterocycles. The lowest BCUT2D eigenvalue weighted by atomic mass is 9.99. The molecule has 39 heavy (non-hydrogen) atoms. The van der Waals surface area contributed by atoms with Crippen LogP contribution in [0.2, 0.25) is 5.02 Å². The fourth-order valence-electron chi connectivity index (χ4n) is 3.98. The van der Waals surface area contributed by atoms with Gasteiger partial charge in [-0.05, 0) is 78.6 Å². The molecule has 0 aliphatic carbocycles. The van der Waals surface area contributed by atoms with Crippen LogP contribution in [0, 0.1) is 0 Å². The zero-order valence-electron chi connectivity index (χ0n) is 21.9. The first-order chi connectivity index (χ1) is 18.8. The molecule has 3 aromatic rings. The van der Waals surface area contributed by atoms with Crippen molar-refractivity contribution in [3.05, 3.63) is 88.5 Å². The number of barbiturate groups is 1. The number of hydrogen-bond acceptors (Lipinski definition) is 6. The van der Waals surface area contributed by atoms with Crippen molar-refractivity contribution in [1.82, 2.24) is 5.32 Å². The Hall–Kier alpha value is -4.30. The van der Waals surface area contributed by atoms with Crippen LogP contribution in [0.3, 0.4) is 0 Å². The van der Waals surface area contributed by atoms with Crippen molar-refractivity contribution >= 4 is 41.2 Å². The molecule has 1 unspecified atom stereocenters. The third-order valence-electron chi connectivity index (χ3n) is 6.38. The van der Waals surface area contributed by atoms with Crippen LogP contribution < -0.4 is 24.4 Å². The predicted octanol–water partition coefficient (Wildman–Crippen LogP) is 5.99. The summed E-state index contributed by atoms with van der Waals surface area (Å²) in [6.07, 6.45) is 2.42. The average molecular weight is 549 g/mol. The van der Waals surface area contributed by atoms with Crippen LogP contribution in [-0.2, 0) is 9.59 Å². The molecule has 4 amide bonds. The summed E-state index contributed by atoms with van der Waals surface area (Å²) in [6, 6.07) is 18.3. The molecule has 1 aliphatic heterocycles. The van der Waals surface area contributed by atoms with E-state index in [1.54, 1.807) is 42.5 Å². The molecule has 0 radical (unpaired) electrons. The zero-order valence-corrected chi connectivity index (χ0v) is 22.7. The molecule has 1 atom stereocenters. The summed E-state index contributed by atoms with van der Waals surface area (Å²) >= 11 is 6.20. The van der Waals surface area contributed by atoms with Gasteiger partial charge >= 0.3 is 6.03 Å². The van der Waals surface area contributed by atoms with E-state index in [-0.39, 0.29) is 24.5 Å². The smallest absolute Gasteiger partial charge is 0.335 e. The molecular weight excluding hydrogens is 520 g/mol. The lowest BCUT2D eigenvalue weighted by molar-refractivity contribution is -0.122. The van der Waals surface area contributed by atoms with Gasteiger partial charge in [0, 0.05) is 10.6 Å². The highest BCUT2D eigenvalue weighted by Gasteiger charge is 2.37. The Morgan fingerprint density at radius 2 is 1.59 bits per heavy atom. The standard InChI is InChI=1S/C30H29ClN2O6/c1-4-19(2)20-5-10-25(11-6-20)38-15-16-39-27-14-7-22(31)17-21(27)18-26-28(34)32-30(36)33(29(26)35)23-8-12-24(37-3)13-9-23/h5-14,17-19H,4,15-16H2,1-3H3,(H,32,34,36)/b26-18-. The Morgan fingerprint density at radius 3 is 2.26 bits per heavy atom. The first kappa shape index (κ1) is 27.7. The molecule has 1 fully saturated rings. The molecule has 0 bridgehead atoms. The van der Waals surface area contributed by atoms with Crippen LogP contribution in [0.5, 0.6) is 17.2 Å². The van der Waals surface area contributed by atoms with Gasteiger partial charge in [0.05, 0.1) is 12.8 Å². The van der Waals surface area contributed by atoms with E-state index in [1.807, 2.05) is 12.1 Å². The number of imide groups is 2. The molecule has 4 rings (SSSR count). The average Bonchev–Trinajstić information content (AvgIpc) is 2.94. The molecule has 8 nitrogen and oxygen atoms in total. The SMILES string of the molecule is CCC(C)c1ccc(OCCOc2ccc(Cl)cc2/C=C2/C(=O)NC(=O)N(c3ccc(OC)cc3)C2=O)cc1. The fourth-order valence-corrected chi connectivity index (χ4v) is 4.16. The number of rotatable bonds is 10. The minimum Gasteiger partial charge on any atom is -0.497 e. The van der Waals surface area contributed by atoms with Crippen molar-refractivity contribution in [3.63, 3.8) is 0 Å². The molecule has 202 valence electrons. The van der Waals surface area contributed by atoms with E-state index >= 15 is 0 Å². The molecule has 1 N–H and O–H groups in total. The maximum absolute atomic E-state index is 13.3. The topological polar surface area (TPSA) is 94.2 Å². The first-order valence-electron chi connectivity index (χ1n) is 12.5. The van der Waals surface area contributed by atoms with Gasteiger partial charge in [-0.1, -0.05) is 37.6 Å². The summed E-state index contributed by atoms with van der Waals surface area (Å²) in [5.41, 5.74) is 1.71. The minimum absolute atomic E-state index is 0.210. The number of hydrogen-bond donors (Lipinski definition) is 1. The maximum atomic E-state index is 13.3. The largest absolute Gasteiger partial charge is 0.497 e. The second kappa shape index (κ2) is 12.5. The third-order valence-corrected chi connectivity index (χ3v) is 6.61. The van der Waals surface area contributed by atoms with Crippen molar-refractivity contribution in [2.75, 3.05) is 25.2 Å². The van der Waals surface area contributed by atoms with E-state index in [9.17, 15) is 14.4 Å². The number of urea groups is 1. The lowest BCUT2D eigenvalue weighted by Crippen LogP contribution is -2.54. The van der Waals surface area contributed by atoms with Crippen molar-refractivity contribution < 1.29 is 28.6 Å². The van der Waals surface area contributed by atoms with E-state index in [4.69, 9.17) is 25.8 Å². The number of benzene rings is 3. The number of carbonyl (C=O) groups is 3. The summed E-state index contributed by atoms with van der Waals surface area (Å²) in [7, 11) is 1.51. The summed E-state index contributed by atoms with van der Waals surface area (Å²) in [4.78, 5) is 39.3. The second-order valence-electron chi connectivity index (χ2n) is 8.91. The van der Waals surface area contributed by atoms with Crippen molar-refractivity contribution in [2.24, 2.45) is 0 Å². The van der Waals surface area contributed by atoms with Crippen LogP contribution in [0.1, 0.15) is 37.3 Å². The van der Waals surface area contributed by atoms with Crippen molar-refractivity contribution in [1.29, 1.82) is 0 Å². The molecule has 0 spiro atoms. The van der Waals surface area contributed by atoms with Crippen molar-refractivity contribution in [2.45, 2.75) is 26.2 Å². The van der Waals surface area contributed by atoms with Crippen LogP contribution in [0.15, 0.2) is 72.3 Å². The van der Waals surface area contributed by atoms with Gasteiger partial charge in [0.1, 0.15) is 36.0 Å². The second-order valence-corrected chi connectivity index (χ2v) is 9.35. The van der Waals surface area contributed by atoms with Crippen LogP contribution in [0.4, 0.5) is 10.5 Å². The summed E-state index contributed by atoms with van der Waals surface area (Å²) in [5, 5.41) is 2.60. The van der Waals surface area contributed by atoms with Crippen LogP contribution in [-0.4, -0.2) is 38.2 Å². The van der Waals surface area contributed by atoms with E-state index in [0.29, 0.717) is 28.0 Å². The van der Waals surface area contributed by atoms with E-state index in [2.05, 4.69) is 31.3 Å². The Balaban J connectivity index is 1.48. The van der Waals surface area contributed by atoms with Gasteiger partial charge in [-0.25, -0.2) is 9.69 Å². The number of carbonyl (C=O) groups excluding carboxylic acids is 3. The molecule has 0 saturated carbocycles. The van der Waals surface area contributed by atoms with Gasteiger partial charge in [0.25, 0.3) is 11.8 Å². The Morgan fingerprint density at radius 1 is 0.923 bits per heavy atom. The lowest BCUT2D eigenvalue weighted by Gasteiger charge is -2.26. The number of amides is 4. The predicted molar refractivity (Wildman–Crippen MR) is 150 cm³/mol. The number of methoxy groups -OCH3 is 1. The maximum Gasteiger partial charge on any atom is 0.335 e. The summed E-state index contributed by atoms with van der Waals surface area (Å²) < 4.78 is 16.8. The monoisotopic (exact) mass is 548 g/mol. The minimum atomic E-state index is -0.843.